The Morgan fingerprint density at radius 2 is 1.23 bits per heavy atom. The van der Waals surface area contributed by atoms with E-state index in [2.05, 4.69) is 64.8 Å². The minimum atomic E-state index is -1.80. The van der Waals surface area contributed by atoms with Gasteiger partial charge in [-0.15, -0.1) is 0 Å². The molecule has 0 unspecified atom stereocenters. The van der Waals surface area contributed by atoms with Gasteiger partial charge < -0.3 is 84.9 Å². The third-order valence-electron chi connectivity index (χ3n) is 9.02. The largest absolute Gasteiger partial charge is 0.481 e. The lowest BCUT2D eigenvalue weighted by molar-refractivity contribution is -0.142. The molecule has 9 atom stereocenters. The number of hydrogen-bond donors (Lipinski definition) is 17. The van der Waals surface area contributed by atoms with Crippen molar-refractivity contribution in [2.24, 2.45) is 28.1 Å². The number of rotatable bonds is 30. The van der Waals surface area contributed by atoms with Gasteiger partial charge in [-0.25, -0.2) is 9.78 Å². The number of imidazole rings is 1. The highest BCUT2D eigenvalue weighted by Gasteiger charge is 2.35. The molecule has 0 spiro atoms. The van der Waals surface area contributed by atoms with Gasteiger partial charge in [0.05, 0.1) is 25.6 Å². The van der Waals surface area contributed by atoms with Crippen molar-refractivity contribution in [3.63, 3.8) is 0 Å². The second kappa shape index (κ2) is 28.6. The summed E-state index contributed by atoms with van der Waals surface area (Å²) in [7, 11) is 0. The summed E-state index contributed by atoms with van der Waals surface area (Å²) in [5.41, 5.74) is 16.7. The third kappa shape index (κ3) is 20.4. The summed E-state index contributed by atoms with van der Waals surface area (Å²) in [5.74, 6) is -10.8. The van der Waals surface area contributed by atoms with Crippen molar-refractivity contribution in [1.82, 2.24) is 47.2 Å². The van der Waals surface area contributed by atoms with E-state index in [1.165, 1.54) is 12.5 Å². The lowest BCUT2D eigenvalue weighted by atomic mass is 10.0. The molecule has 360 valence electrons. The smallest absolute Gasteiger partial charge is 0.327 e. The number of aromatic nitrogens is 2. The highest BCUT2D eigenvalue weighted by atomic mass is 32.1. The minimum absolute atomic E-state index is 0.0164. The van der Waals surface area contributed by atoms with Gasteiger partial charge in [0.2, 0.25) is 41.4 Å². The SMILES string of the molecule is CC(C)C[C@H](NC(=O)[C@H](CCC(=O)O)NC(=O)[C@@H](N)CO)C(=O)N[C@@H](CCCN=C(N)N)C(=O)N[C@@H](Cc1cnc[nH]1)C(=O)N[C@@H](CO)C(=O)N[C@H](C(=O)N[C@@H](CS)C(=O)O)[C@@H](C)O. The molecule has 0 aliphatic heterocycles. The van der Waals surface area contributed by atoms with Gasteiger partial charge in [0.25, 0.3) is 0 Å². The Bertz CT molecular complexity index is 1760. The molecule has 0 aliphatic carbocycles. The fourth-order valence-electron chi connectivity index (χ4n) is 5.59. The van der Waals surface area contributed by atoms with Crippen LogP contribution in [-0.2, 0) is 49.6 Å². The van der Waals surface area contributed by atoms with Gasteiger partial charge in [-0.2, -0.15) is 12.6 Å². The Balaban J connectivity index is 3.47. The zero-order valence-corrected chi connectivity index (χ0v) is 36.4. The normalized spacial score (nSPS) is 15.3. The Kier molecular flexibility index (Phi) is 25.0. The summed E-state index contributed by atoms with van der Waals surface area (Å²) in [6.07, 6.45) is -0.415. The summed E-state index contributed by atoms with van der Waals surface area (Å²) >= 11 is 3.86. The zero-order valence-electron chi connectivity index (χ0n) is 35.5. The van der Waals surface area contributed by atoms with Crippen LogP contribution in [0.1, 0.15) is 58.6 Å². The lowest BCUT2D eigenvalue weighted by Gasteiger charge is -2.28. The Labute approximate surface area is 372 Å². The molecule has 7 amide bonds. The van der Waals surface area contributed by atoms with Gasteiger partial charge in [-0.05, 0) is 38.5 Å². The fraction of sp³-hybridized carbons (Fsp3) is 0.639. The molecule has 1 aromatic heterocycles. The van der Waals surface area contributed by atoms with Crippen molar-refractivity contribution < 1.29 is 68.7 Å². The second-order valence-electron chi connectivity index (χ2n) is 14.9. The maximum absolute atomic E-state index is 14.0. The van der Waals surface area contributed by atoms with E-state index >= 15 is 0 Å². The molecule has 0 bridgehead atoms. The molecular weight excluding hydrogens is 871 g/mol. The van der Waals surface area contributed by atoms with Crippen molar-refractivity contribution >= 4 is 71.9 Å². The predicted octanol–water partition coefficient (Wildman–Crippen LogP) is -6.98. The summed E-state index contributed by atoms with van der Waals surface area (Å²) < 4.78 is 0. The number of aliphatic imine (C=N–C) groups is 1. The third-order valence-corrected chi connectivity index (χ3v) is 9.38. The highest BCUT2D eigenvalue weighted by molar-refractivity contribution is 7.80. The van der Waals surface area contributed by atoms with Crippen molar-refractivity contribution in [3.8, 4) is 0 Å². The van der Waals surface area contributed by atoms with E-state index in [1.54, 1.807) is 13.8 Å². The molecule has 0 saturated heterocycles. The number of hydrogen-bond acceptors (Lipinski definition) is 16. The van der Waals surface area contributed by atoms with Crippen LogP contribution >= 0.6 is 12.6 Å². The van der Waals surface area contributed by atoms with Crippen LogP contribution < -0.4 is 54.4 Å². The monoisotopic (exact) mass is 931 g/mol. The molecule has 0 radical (unpaired) electrons. The van der Waals surface area contributed by atoms with Crippen LogP contribution in [0.3, 0.4) is 0 Å². The van der Waals surface area contributed by atoms with Crippen LogP contribution in [0.2, 0.25) is 0 Å². The summed E-state index contributed by atoms with van der Waals surface area (Å²) in [5, 5.41) is 64.4. The Morgan fingerprint density at radius 1 is 0.719 bits per heavy atom. The molecule has 64 heavy (non-hydrogen) atoms. The van der Waals surface area contributed by atoms with E-state index in [1.807, 2.05) is 0 Å². The number of aromatic amines is 1. The van der Waals surface area contributed by atoms with Crippen LogP contribution in [0.5, 0.6) is 0 Å². The number of nitrogens with two attached hydrogens (primary N) is 3. The molecule has 28 heteroatoms. The number of H-pyrrole nitrogens is 1. The average Bonchev–Trinajstić information content (AvgIpc) is 3.74. The van der Waals surface area contributed by atoms with Gasteiger partial charge in [0.15, 0.2) is 5.96 Å². The van der Waals surface area contributed by atoms with Crippen molar-refractivity contribution in [1.29, 1.82) is 0 Å². The maximum Gasteiger partial charge on any atom is 0.327 e. The predicted molar refractivity (Wildman–Crippen MR) is 227 cm³/mol. The molecule has 1 rings (SSSR count). The van der Waals surface area contributed by atoms with Gasteiger partial charge in [-0.1, -0.05) is 13.8 Å². The molecular formula is C36H61N13O14S. The first-order chi connectivity index (χ1) is 30.0. The van der Waals surface area contributed by atoms with E-state index < -0.39 is 134 Å². The fourth-order valence-corrected chi connectivity index (χ4v) is 5.84. The second-order valence-corrected chi connectivity index (χ2v) is 15.2. The van der Waals surface area contributed by atoms with Crippen LogP contribution in [0.25, 0.3) is 0 Å². The number of aliphatic carboxylic acids is 2. The Morgan fingerprint density at radius 3 is 1.73 bits per heavy atom. The lowest BCUT2D eigenvalue weighted by Crippen LogP contribution is -2.62. The van der Waals surface area contributed by atoms with E-state index in [0.29, 0.717) is 5.69 Å². The molecule has 27 nitrogen and oxygen atoms in total. The topological polar surface area (TPSA) is 458 Å². The van der Waals surface area contributed by atoms with Crippen molar-refractivity contribution in [2.45, 2.75) is 114 Å². The number of aliphatic hydroxyl groups excluding tert-OH is 3. The van der Waals surface area contributed by atoms with E-state index in [4.69, 9.17) is 17.2 Å². The van der Waals surface area contributed by atoms with Crippen LogP contribution in [0, 0.1) is 5.92 Å². The number of carbonyl (C=O) groups is 9. The molecule has 0 aromatic carbocycles. The number of aliphatic hydroxyl groups is 3. The quantitative estimate of drug-likeness (QED) is 0.0147. The number of carboxylic acid groups (broad SMARTS) is 2. The molecule has 0 saturated carbocycles. The van der Waals surface area contributed by atoms with E-state index in [0.717, 1.165) is 6.92 Å². The van der Waals surface area contributed by atoms with Crippen molar-refractivity contribution in [2.75, 3.05) is 25.5 Å². The van der Waals surface area contributed by atoms with Gasteiger partial charge in [0.1, 0.15) is 48.3 Å². The summed E-state index contributed by atoms with van der Waals surface area (Å²) in [4.78, 5) is 127. The molecule has 1 aromatic rings. The first-order valence-corrected chi connectivity index (χ1v) is 20.5. The number of amides is 7. The van der Waals surface area contributed by atoms with E-state index in [-0.39, 0.29) is 49.9 Å². The van der Waals surface area contributed by atoms with Crippen molar-refractivity contribution in [3.05, 3.63) is 18.2 Å². The van der Waals surface area contributed by atoms with E-state index in [9.17, 15) is 68.7 Å². The summed E-state index contributed by atoms with van der Waals surface area (Å²) in [6.45, 7) is 2.68. The first-order valence-electron chi connectivity index (χ1n) is 19.9. The van der Waals surface area contributed by atoms with Crippen LogP contribution in [-0.4, -0.2) is 175 Å². The van der Waals surface area contributed by atoms with Gasteiger partial charge in [-0.3, -0.25) is 43.3 Å². The highest BCUT2D eigenvalue weighted by Crippen LogP contribution is 2.10. The molecule has 19 N–H and O–H groups in total. The van der Waals surface area contributed by atoms with Gasteiger partial charge in [0, 0.05) is 37.0 Å². The summed E-state index contributed by atoms with van der Waals surface area (Å²) in [6, 6.07) is -12.4. The zero-order chi connectivity index (χ0) is 48.7. The number of guanidine groups is 1. The van der Waals surface area contributed by atoms with Crippen LogP contribution in [0.4, 0.5) is 0 Å². The first kappa shape index (κ1) is 55.9. The Hall–Kier alpha value is -6.10. The van der Waals surface area contributed by atoms with Gasteiger partial charge >= 0.3 is 11.9 Å². The molecule has 0 fully saturated rings. The minimum Gasteiger partial charge on any atom is -0.481 e. The van der Waals surface area contributed by atoms with Crippen LogP contribution in [0.15, 0.2) is 17.5 Å². The molecule has 0 aliphatic rings. The number of nitrogens with zero attached hydrogens (tertiary/aromatic N) is 2. The maximum atomic E-state index is 14.0. The standard InChI is InChI=1S/C36H61N13O14S/c1-16(2)9-22(45-30(57)21(6-7-26(53)54)43-28(55)19(37)12-50)31(58)44-20(5-4-8-41-36(38)39)29(56)46-23(10-18-11-40-15-42-18)32(59)47-24(13-51)33(60)49-27(17(3)52)34(61)48-25(14-64)35(62)63/h11,15-17,19-25,27,50-52,64H,4-10,12-14,37H2,1-3H3,(H,40,42)(H,43,55)(H,44,58)(H,45,57)(H,46,56)(H,47,59)(H,48,61)(H,49,60)(H,53,54)(H,62,63)(H4,38,39,41)/t17-,19+,20+,21+,22+,23+,24+,25+,27+/m1/s1. The number of carboxylic acids is 2. The number of carbonyl (C=O) groups excluding carboxylic acids is 7. The average molecular weight is 932 g/mol. The molecule has 1 heterocycles. The number of thiol groups is 1. The number of nitrogens with one attached hydrogen (secondary N) is 8.